The van der Waals surface area contributed by atoms with E-state index in [2.05, 4.69) is 9.88 Å². The molecule has 0 spiro atoms. The zero-order valence-corrected chi connectivity index (χ0v) is 17.2. The van der Waals surface area contributed by atoms with Crippen molar-refractivity contribution in [2.45, 2.75) is 19.5 Å². The predicted molar refractivity (Wildman–Crippen MR) is 114 cm³/mol. The Morgan fingerprint density at radius 3 is 2.62 bits per heavy atom. The topological polar surface area (TPSA) is 73.5 Å². The number of rotatable bonds is 5. The molecule has 2 aromatic carbocycles. The molecule has 1 aliphatic rings. The van der Waals surface area contributed by atoms with Gasteiger partial charge in [-0.15, -0.1) is 0 Å². The van der Waals surface area contributed by atoms with Gasteiger partial charge in [0.15, 0.2) is 17.3 Å². The van der Waals surface area contributed by atoms with E-state index in [9.17, 15) is 0 Å². The number of hydrogen-bond donors (Lipinski definition) is 1. The average molecular weight is 411 g/mol. The second-order valence-electron chi connectivity index (χ2n) is 7.02. The fraction of sp³-hybridized carbons (Fsp3) is 0.273. The van der Waals surface area contributed by atoms with E-state index >= 15 is 0 Å². The van der Waals surface area contributed by atoms with E-state index in [-0.39, 0.29) is 0 Å². The van der Waals surface area contributed by atoms with E-state index in [4.69, 9.17) is 31.8 Å². The summed E-state index contributed by atoms with van der Waals surface area (Å²) in [7, 11) is 3.20. The van der Waals surface area contributed by atoms with Crippen molar-refractivity contribution in [1.82, 2.24) is 14.9 Å². The van der Waals surface area contributed by atoms with Crippen molar-refractivity contribution in [3.63, 3.8) is 0 Å². The number of ether oxygens (including phenoxy) is 2. The molecule has 0 bridgehead atoms. The van der Waals surface area contributed by atoms with Gasteiger partial charge in [-0.05, 0) is 35.9 Å². The van der Waals surface area contributed by atoms with Crippen molar-refractivity contribution in [2.75, 3.05) is 26.5 Å². The first-order valence-electron chi connectivity index (χ1n) is 9.41. The van der Waals surface area contributed by atoms with Crippen LogP contribution in [-0.4, -0.2) is 35.6 Å². The Bertz CT molecular complexity index is 1020. The number of anilines is 1. The van der Waals surface area contributed by atoms with Gasteiger partial charge < -0.3 is 15.2 Å². The Hall–Kier alpha value is -2.83. The molecule has 2 N–H and O–H groups in total. The highest BCUT2D eigenvalue weighted by molar-refractivity contribution is 6.33. The van der Waals surface area contributed by atoms with Crippen LogP contribution in [0.1, 0.15) is 16.8 Å². The Labute approximate surface area is 175 Å². The van der Waals surface area contributed by atoms with Crippen molar-refractivity contribution < 1.29 is 9.47 Å². The monoisotopic (exact) mass is 410 g/mol. The van der Waals surface area contributed by atoms with Crippen LogP contribution in [0.4, 0.5) is 5.69 Å². The van der Waals surface area contributed by atoms with Crippen LogP contribution in [0.5, 0.6) is 11.5 Å². The maximum Gasteiger partial charge on any atom is 0.179 e. The lowest BCUT2D eigenvalue weighted by molar-refractivity contribution is 0.242. The molecule has 0 radical (unpaired) electrons. The first-order valence-corrected chi connectivity index (χ1v) is 9.79. The highest BCUT2D eigenvalue weighted by Crippen LogP contribution is 2.38. The van der Waals surface area contributed by atoms with E-state index < -0.39 is 0 Å². The molecule has 1 aromatic heterocycles. The van der Waals surface area contributed by atoms with Crippen molar-refractivity contribution in [1.29, 1.82) is 0 Å². The summed E-state index contributed by atoms with van der Waals surface area (Å²) in [6.45, 7) is 2.40. The third-order valence-corrected chi connectivity index (χ3v) is 5.56. The largest absolute Gasteiger partial charge is 0.493 e. The third kappa shape index (κ3) is 3.99. The van der Waals surface area contributed by atoms with Crippen LogP contribution >= 0.6 is 11.6 Å². The number of aromatic nitrogens is 2. The Balaban J connectivity index is 1.52. The van der Waals surface area contributed by atoms with Gasteiger partial charge in [0.05, 0.1) is 24.9 Å². The number of benzene rings is 2. The summed E-state index contributed by atoms with van der Waals surface area (Å²) >= 11 is 6.55. The van der Waals surface area contributed by atoms with E-state index in [0.29, 0.717) is 16.5 Å². The van der Waals surface area contributed by atoms with E-state index in [0.717, 1.165) is 60.0 Å². The number of halogens is 1. The molecule has 3 aromatic rings. The maximum absolute atomic E-state index is 6.55. The molecule has 0 unspecified atom stereocenters. The molecule has 6 nitrogen and oxygen atoms in total. The van der Waals surface area contributed by atoms with Gasteiger partial charge in [-0.3, -0.25) is 4.90 Å². The molecule has 7 heteroatoms. The summed E-state index contributed by atoms with van der Waals surface area (Å²) < 4.78 is 10.7. The zero-order valence-electron chi connectivity index (χ0n) is 16.5. The Morgan fingerprint density at radius 2 is 1.90 bits per heavy atom. The molecular weight excluding hydrogens is 388 g/mol. The number of fused-ring (bicyclic) bond motifs is 1. The van der Waals surface area contributed by atoms with E-state index in [1.165, 1.54) is 0 Å². The van der Waals surface area contributed by atoms with Crippen molar-refractivity contribution in [3.8, 4) is 22.9 Å². The molecule has 0 atom stereocenters. The van der Waals surface area contributed by atoms with Crippen molar-refractivity contribution in [3.05, 3.63) is 64.4 Å². The minimum absolute atomic E-state index is 0.570. The molecule has 0 amide bonds. The Morgan fingerprint density at radius 1 is 1.10 bits per heavy atom. The lowest BCUT2D eigenvalue weighted by Crippen LogP contribution is -2.31. The SMILES string of the molecule is COc1ccc(CN2CCc3nc(-c4ccc(N)cc4)ncc3C2)c(Cl)c1OC. The van der Waals surface area contributed by atoms with Crippen molar-refractivity contribution in [2.24, 2.45) is 0 Å². The van der Waals surface area contributed by atoms with Crippen LogP contribution in [0, 0.1) is 0 Å². The van der Waals surface area contributed by atoms with Crippen LogP contribution in [0.25, 0.3) is 11.4 Å². The van der Waals surface area contributed by atoms with Crippen LogP contribution in [0.2, 0.25) is 5.02 Å². The molecule has 0 saturated carbocycles. The lowest BCUT2D eigenvalue weighted by Gasteiger charge is -2.28. The van der Waals surface area contributed by atoms with Crippen LogP contribution in [0.3, 0.4) is 0 Å². The molecule has 0 saturated heterocycles. The minimum Gasteiger partial charge on any atom is -0.493 e. The molecule has 1 aliphatic heterocycles. The molecule has 4 rings (SSSR count). The van der Waals surface area contributed by atoms with Gasteiger partial charge >= 0.3 is 0 Å². The van der Waals surface area contributed by atoms with Crippen LogP contribution in [-0.2, 0) is 19.5 Å². The molecule has 0 fully saturated rings. The van der Waals surface area contributed by atoms with Crippen LogP contribution in [0.15, 0.2) is 42.6 Å². The molecule has 0 aliphatic carbocycles. The summed E-state index contributed by atoms with van der Waals surface area (Å²) in [6, 6.07) is 11.5. The van der Waals surface area contributed by atoms with Gasteiger partial charge in [0.25, 0.3) is 0 Å². The average Bonchev–Trinajstić information content (AvgIpc) is 2.75. The highest BCUT2D eigenvalue weighted by atomic mass is 35.5. The molecular formula is C22H23ClN4O2. The quantitative estimate of drug-likeness (QED) is 0.642. The lowest BCUT2D eigenvalue weighted by atomic mass is 10.1. The fourth-order valence-electron chi connectivity index (χ4n) is 3.57. The summed E-state index contributed by atoms with van der Waals surface area (Å²) in [5.41, 5.74) is 10.7. The van der Waals surface area contributed by atoms with Gasteiger partial charge in [0, 0.05) is 49.1 Å². The highest BCUT2D eigenvalue weighted by Gasteiger charge is 2.21. The number of methoxy groups -OCH3 is 2. The zero-order chi connectivity index (χ0) is 20.4. The third-order valence-electron chi connectivity index (χ3n) is 5.14. The predicted octanol–water partition coefficient (Wildman–Crippen LogP) is 3.95. The second-order valence-corrected chi connectivity index (χ2v) is 7.40. The summed E-state index contributed by atoms with van der Waals surface area (Å²) in [6.07, 6.45) is 2.79. The van der Waals surface area contributed by atoms with Crippen LogP contribution < -0.4 is 15.2 Å². The first kappa shape index (κ1) is 19.5. The number of nitrogen functional groups attached to an aromatic ring is 1. The first-order chi connectivity index (χ1) is 14.1. The fourth-order valence-corrected chi connectivity index (χ4v) is 3.87. The summed E-state index contributed by atoms with van der Waals surface area (Å²) in [5, 5.41) is 0.590. The smallest absolute Gasteiger partial charge is 0.179 e. The van der Waals surface area contributed by atoms with Gasteiger partial charge in [0.2, 0.25) is 0 Å². The Kier molecular flexibility index (Phi) is 5.56. The molecule has 29 heavy (non-hydrogen) atoms. The number of hydrogen-bond acceptors (Lipinski definition) is 6. The molecule has 150 valence electrons. The normalized spacial score (nSPS) is 13.8. The standard InChI is InChI=1S/C22H23ClN4O2/c1-28-19-8-5-15(20(23)21(19)29-2)12-27-10-9-18-16(13-27)11-25-22(26-18)14-3-6-17(24)7-4-14/h3-8,11H,9-10,12-13,24H2,1-2H3. The summed E-state index contributed by atoms with van der Waals surface area (Å²) in [5.74, 6) is 1.94. The molecule has 2 heterocycles. The van der Waals surface area contributed by atoms with Crippen molar-refractivity contribution >= 4 is 17.3 Å². The van der Waals surface area contributed by atoms with E-state index in [1.807, 2.05) is 42.6 Å². The minimum atomic E-state index is 0.570. The van der Waals surface area contributed by atoms with Gasteiger partial charge in [-0.25, -0.2) is 9.97 Å². The number of nitrogens with two attached hydrogens (primary N) is 1. The van der Waals surface area contributed by atoms with Gasteiger partial charge in [-0.1, -0.05) is 17.7 Å². The van der Waals surface area contributed by atoms with Gasteiger partial charge in [0.1, 0.15) is 0 Å². The van der Waals surface area contributed by atoms with Gasteiger partial charge in [-0.2, -0.15) is 0 Å². The van der Waals surface area contributed by atoms with E-state index in [1.54, 1.807) is 14.2 Å². The second kappa shape index (κ2) is 8.27. The maximum atomic E-state index is 6.55. The number of nitrogens with zero attached hydrogens (tertiary/aromatic N) is 3. The summed E-state index contributed by atoms with van der Waals surface area (Å²) in [4.78, 5) is 11.7.